The van der Waals surface area contributed by atoms with Gasteiger partial charge in [-0.2, -0.15) is 0 Å². The molecule has 2 amide bonds. The van der Waals surface area contributed by atoms with Gasteiger partial charge in [-0.05, 0) is 35.9 Å². The summed E-state index contributed by atoms with van der Waals surface area (Å²) in [6.45, 7) is 0. The van der Waals surface area contributed by atoms with Crippen molar-refractivity contribution in [2.75, 3.05) is 26.2 Å². The van der Waals surface area contributed by atoms with Crippen LogP contribution in [0.15, 0.2) is 72.8 Å². The van der Waals surface area contributed by atoms with Crippen molar-refractivity contribution in [2.24, 2.45) is 11.8 Å². The Morgan fingerprint density at radius 3 is 2.24 bits per heavy atom. The van der Waals surface area contributed by atoms with Crippen LogP contribution in [0.1, 0.15) is 17.2 Å². The van der Waals surface area contributed by atoms with E-state index in [2.05, 4.69) is 5.32 Å². The first-order chi connectivity index (χ1) is 17.9. The lowest BCUT2D eigenvalue weighted by atomic mass is 9.75. The molecule has 4 atom stereocenters. The number of rotatable bonds is 6. The molecule has 190 valence electrons. The molecule has 5 rings (SSSR count). The minimum Gasteiger partial charge on any atom is -0.497 e. The number of nitrogens with one attached hydrogen (secondary N) is 1. The number of benzene rings is 3. The van der Waals surface area contributed by atoms with Crippen molar-refractivity contribution in [3.63, 3.8) is 0 Å². The third-order valence-electron chi connectivity index (χ3n) is 7.16. The zero-order valence-electron chi connectivity index (χ0n) is 20.4. The van der Waals surface area contributed by atoms with Gasteiger partial charge in [0.15, 0.2) is 5.54 Å². The number of halogens is 1. The van der Waals surface area contributed by atoms with E-state index in [1.54, 1.807) is 48.5 Å². The number of hydrogen-bond acceptors (Lipinski definition) is 7. The first-order valence-electron chi connectivity index (χ1n) is 11.6. The number of ether oxygens (including phenoxy) is 3. The average Bonchev–Trinajstić information content (AvgIpc) is 3.43. The Kier molecular flexibility index (Phi) is 6.16. The lowest BCUT2D eigenvalue weighted by Crippen LogP contribution is -2.53. The molecule has 8 nitrogen and oxygen atoms in total. The summed E-state index contributed by atoms with van der Waals surface area (Å²) in [5.74, 6) is -3.47. The number of carbonyl (C=O) groups is 3. The smallest absolute Gasteiger partial charge is 0.331 e. The fourth-order valence-electron chi connectivity index (χ4n) is 5.53. The molecule has 2 fully saturated rings. The third kappa shape index (κ3) is 3.65. The van der Waals surface area contributed by atoms with Gasteiger partial charge in [0, 0.05) is 17.7 Å². The van der Waals surface area contributed by atoms with Crippen molar-refractivity contribution in [3.8, 4) is 11.5 Å². The van der Waals surface area contributed by atoms with Crippen molar-refractivity contribution in [3.05, 3.63) is 89.7 Å². The van der Waals surface area contributed by atoms with Crippen LogP contribution in [0.25, 0.3) is 0 Å². The molecule has 0 spiro atoms. The van der Waals surface area contributed by atoms with E-state index in [1.165, 1.54) is 45.6 Å². The lowest BCUT2D eigenvalue weighted by molar-refractivity contribution is -0.152. The number of imide groups is 1. The van der Waals surface area contributed by atoms with Crippen molar-refractivity contribution >= 4 is 23.5 Å². The number of methoxy groups -OCH3 is 3. The van der Waals surface area contributed by atoms with E-state index in [-0.39, 0.29) is 5.69 Å². The first-order valence-corrected chi connectivity index (χ1v) is 11.6. The highest BCUT2D eigenvalue weighted by Gasteiger charge is 2.70. The van der Waals surface area contributed by atoms with Crippen LogP contribution < -0.4 is 19.7 Å². The molecule has 0 unspecified atom stereocenters. The Labute approximate surface area is 212 Å². The van der Waals surface area contributed by atoms with Crippen molar-refractivity contribution < 1.29 is 33.0 Å². The maximum absolute atomic E-state index is 14.0. The van der Waals surface area contributed by atoms with Gasteiger partial charge >= 0.3 is 5.97 Å². The fourth-order valence-corrected chi connectivity index (χ4v) is 5.53. The van der Waals surface area contributed by atoms with Crippen LogP contribution in [-0.2, 0) is 24.7 Å². The molecule has 0 aromatic heterocycles. The van der Waals surface area contributed by atoms with Crippen LogP contribution in [0.3, 0.4) is 0 Å². The van der Waals surface area contributed by atoms with Gasteiger partial charge < -0.3 is 14.2 Å². The fraction of sp³-hybridized carbons (Fsp3) is 0.250. The molecule has 37 heavy (non-hydrogen) atoms. The van der Waals surface area contributed by atoms with E-state index < -0.39 is 47.0 Å². The van der Waals surface area contributed by atoms with E-state index >= 15 is 0 Å². The summed E-state index contributed by atoms with van der Waals surface area (Å²) in [5.41, 5.74) is -0.397. The summed E-state index contributed by atoms with van der Waals surface area (Å²) in [6, 6.07) is 18.1. The number of amides is 2. The molecule has 3 aromatic rings. The van der Waals surface area contributed by atoms with Crippen LogP contribution in [0.4, 0.5) is 10.1 Å². The van der Waals surface area contributed by atoms with Crippen LogP contribution in [0, 0.1) is 17.7 Å². The summed E-state index contributed by atoms with van der Waals surface area (Å²) >= 11 is 0. The van der Waals surface area contributed by atoms with Crippen molar-refractivity contribution in [2.45, 2.75) is 11.6 Å². The van der Waals surface area contributed by atoms with E-state index in [4.69, 9.17) is 14.2 Å². The van der Waals surface area contributed by atoms with E-state index in [1.807, 2.05) is 0 Å². The van der Waals surface area contributed by atoms with E-state index in [0.29, 0.717) is 22.6 Å². The predicted octanol–water partition coefficient (Wildman–Crippen LogP) is 3.36. The Hall–Kier alpha value is -4.24. The minimum atomic E-state index is -1.67. The van der Waals surface area contributed by atoms with Crippen LogP contribution in [-0.4, -0.2) is 39.1 Å². The van der Waals surface area contributed by atoms with E-state index in [9.17, 15) is 18.8 Å². The second-order valence-corrected chi connectivity index (χ2v) is 8.89. The first kappa shape index (κ1) is 24.5. The highest BCUT2D eigenvalue weighted by atomic mass is 19.1. The van der Waals surface area contributed by atoms with Gasteiger partial charge in [0.25, 0.3) is 0 Å². The van der Waals surface area contributed by atoms with Gasteiger partial charge in [-0.25, -0.2) is 14.1 Å². The van der Waals surface area contributed by atoms with Crippen molar-refractivity contribution in [1.82, 2.24) is 5.32 Å². The molecule has 0 saturated carbocycles. The number of esters is 1. The molecule has 2 aliphatic heterocycles. The number of hydrogen-bond donors (Lipinski definition) is 1. The third-order valence-corrected chi connectivity index (χ3v) is 7.16. The molecule has 9 heteroatoms. The molecular weight excluding hydrogens is 479 g/mol. The van der Waals surface area contributed by atoms with Gasteiger partial charge in [-0.3, -0.25) is 14.9 Å². The molecule has 3 aromatic carbocycles. The van der Waals surface area contributed by atoms with E-state index in [0.717, 1.165) is 4.90 Å². The molecule has 0 aliphatic carbocycles. The van der Waals surface area contributed by atoms with Gasteiger partial charge in [-0.1, -0.05) is 36.4 Å². The van der Waals surface area contributed by atoms with Gasteiger partial charge in [0.2, 0.25) is 11.8 Å². The number of anilines is 1. The van der Waals surface area contributed by atoms with Crippen LogP contribution in [0.5, 0.6) is 11.5 Å². The zero-order chi connectivity index (χ0) is 26.3. The Morgan fingerprint density at radius 2 is 1.62 bits per heavy atom. The van der Waals surface area contributed by atoms with Gasteiger partial charge in [0.05, 0.1) is 38.9 Å². The van der Waals surface area contributed by atoms with Crippen LogP contribution in [0.2, 0.25) is 0 Å². The van der Waals surface area contributed by atoms with Gasteiger partial charge in [-0.15, -0.1) is 0 Å². The summed E-state index contributed by atoms with van der Waals surface area (Å²) in [6.07, 6.45) is 0. The molecule has 1 N–H and O–H groups in total. The second-order valence-electron chi connectivity index (χ2n) is 8.89. The minimum absolute atomic E-state index is 0.220. The standard InChI is InChI=1S/C28H25FN2O6/c1-35-19-13-14-20(21(15-19)36-2)24-22-23(26(33)31(25(22)32)18-11-9-17(29)10-12-18)28(30-24,27(34)37-3)16-7-5-4-6-8-16/h4-15,22-24,30H,1-3H3/t22-,23+,24+,28+/m0/s1. The number of fused-ring (bicyclic) bond motifs is 1. The maximum Gasteiger partial charge on any atom is 0.331 e. The Balaban J connectivity index is 1.74. The molecule has 0 bridgehead atoms. The lowest BCUT2D eigenvalue weighted by Gasteiger charge is -2.33. The molecule has 2 saturated heterocycles. The zero-order valence-corrected chi connectivity index (χ0v) is 20.4. The quantitative estimate of drug-likeness (QED) is 0.406. The SMILES string of the molecule is COC(=O)[C@]1(c2ccccc2)N[C@H](c2ccc(OC)cc2OC)[C@H]2C(=O)N(c3ccc(F)cc3)C(=O)[C@@H]21. The molecule has 2 aliphatic rings. The number of carbonyl (C=O) groups excluding carboxylic acids is 3. The summed E-state index contributed by atoms with van der Waals surface area (Å²) < 4.78 is 29.8. The normalized spacial score (nSPS) is 24.6. The van der Waals surface area contributed by atoms with Crippen LogP contribution >= 0.6 is 0 Å². The summed E-state index contributed by atoms with van der Waals surface area (Å²) in [7, 11) is 4.25. The monoisotopic (exact) mass is 504 g/mol. The van der Waals surface area contributed by atoms with Crippen molar-refractivity contribution in [1.29, 1.82) is 0 Å². The largest absolute Gasteiger partial charge is 0.497 e. The Morgan fingerprint density at radius 1 is 0.919 bits per heavy atom. The predicted molar refractivity (Wildman–Crippen MR) is 131 cm³/mol. The highest BCUT2D eigenvalue weighted by molar-refractivity contribution is 6.24. The highest BCUT2D eigenvalue weighted by Crippen LogP contribution is 2.55. The molecular formula is C28H25FN2O6. The summed E-state index contributed by atoms with van der Waals surface area (Å²) in [5, 5.41) is 3.32. The maximum atomic E-state index is 14.0. The topological polar surface area (TPSA) is 94.2 Å². The number of nitrogens with zero attached hydrogens (tertiary/aromatic N) is 1. The Bertz CT molecular complexity index is 1360. The average molecular weight is 505 g/mol. The second kappa shape index (κ2) is 9.33. The molecule has 0 radical (unpaired) electrons. The molecule has 2 heterocycles. The summed E-state index contributed by atoms with van der Waals surface area (Å²) in [4.78, 5) is 42.6. The van der Waals surface area contributed by atoms with Gasteiger partial charge in [0.1, 0.15) is 17.3 Å².